The minimum absolute atomic E-state index is 0.0127. The van der Waals surface area contributed by atoms with Gasteiger partial charge in [0, 0.05) is 18.2 Å². The Morgan fingerprint density at radius 3 is 2.33 bits per heavy atom. The number of benzene rings is 2. The number of nitrogens with one attached hydrogen (secondary N) is 2. The van der Waals surface area contributed by atoms with Gasteiger partial charge >= 0.3 is 0 Å². The van der Waals surface area contributed by atoms with Crippen LogP contribution in [0.25, 0.3) is 0 Å². The number of carbonyl (C=O) groups is 2. The van der Waals surface area contributed by atoms with Gasteiger partial charge in [0.15, 0.2) is 0 Å². The van der Waals surface area contributed by atoms with Crippen LogP contribution in [0.2, 0.25) is 0 Å². The van der Waals surface area contributed by atoms with Gasteiger partial charge in [-0.15, -0.1) is 0 Å². The Hall–Kier alpha value is -2.86. The standard InChI is InChI=1S/C24H31N3O3/c1-18-3-7-21(8-4-18)26-23(28)17-27-15-12-20(13-16-27)24(29)25-14-11-19-5-9-22(30-2)10-6-19/h3-10,20H,11-17H2,1-2H3,(H,25,29)(H,26,28). The summed E-state index contributed by atoms with van der Waals surface area (Å²) in [5.41, 5.74) is 3.15. The van der Waals surface area contributed by atoms with E-state index in [1.807, 2.05) is 55.5 Å². The molecule has 3 rings (SSSR count). The Kier molecular flexibility index (Phi) is 7.85. The van der Waals surface area contributed by atoms with Gasteiger partial charge in [0.2, 0.25) is 11.8 Å². The van der Waals surface area contributed by atoms with Crippen LogP contribution in [0, 0.1) is 12.8 Å². The van der Waals surface area contributed by atoms with Gasteiger partial charge in [-0.2, -0.15) is 0 Å². The summed E-state index contributed by atoms with van der Waals surface area (Å²) in [6.45, 7) is 4.53. The van der Waals surface area contributed by atoms with E-state index in [0.29, 0.717) is 13.1 Å². The molecule has 30 heavy (non-hydrogen) atoms. The minimum Gasteiger partial charge on any atom is -0.497 e. The maximum atomic E-state index is 12.5. The maximum absolute atomic E-state index is 12.5. The van der Waals surface area contributed by atoms with E-state index in [1.165, 1.54) is 5.56 Å². The van der Waals surface area contributed by atoms with Gasteiger partial charge in [-0.25, -0.2) is 0 Å². The topological polar surface area (TPSA) is 70.7 Å². The van der Waals surface area contributed by atoms with Crippen molar-refractivity contribution in [3.8, 4) is 5.75 Å². The molecule has 2 amide bonds. The van der Waals surface area contributed by atoms with Crippen molar-refractivity contribution in [2.24, 2.45) is 5.92 Å². The quantitative estimate of drug-likeness (QED) is 0.703. The largest absolute Gasteiger partial charge is 0.497 e. The summed E-state index contributed by atoms with van der Waals surface area (Å²) in [6, 6.07) is 15.7. The van der Waals surface area contributed by atoms with E-state index in [1.54, 1.807) is 7.11 Å². The number of nitrogens with zero attached hydrogens (tertiary/aromatic N) is 1. The van der Waals surface area contributed by atoms with E-state index >= 15 is 0 Å². The second-order valence-corrected chi connectivity index (χ2v) is 7.85. The lowest BCUT2D eigenvalue weighted by atomic mass is 9.96. The molecular weight excluding hydrogens is 378 g/mol. The molecule has 2 aromatic rings. The highest BCUT2D eigenvalue weighted by Gasteiger charge is 2.25. The molecule has 0 atom stereocenters. The van der Waals surface area contributed by atoms with Crippen molar-refractivity contribution in [1.29, 1.82) is 0 Å². The first-order valence-corrected chi connectivity index (χ1v) is 10.5. The average molecular weight is 410 g/mol. The number of carbonyl (C=O) groups excluding carboxylic acids is 2. The minimum atomic E-state index is -0.0127. The summed E-state index contributed by atoms with van der Waals surface area (Å²) in [4.78, 5) is 26.8. The number of likely N-dealkylation sites (tertiary alicyclic amines) is 1. The van der Waals surface area contributed by atoms with Crippen LogP contribution in [0.5, 0.6) is 5.75 Å². The first-order chi connectivity index (χ1) is 14.5. The van der Waals surface area contributed by atoms with Gasteiger partial charge in [-0.3, -0.25) is 14.5 Å². The molecule has 2 N–H and O–H groups in total. The molecule has 1 heterocycles. The van der Waals surface area contributed by atoms with E-state index in [2.05, 4.69) is 15.5 Å². The highest BCUT2D eigenvalue weighted by atomic mass is 16.5. The predicted octanol–water partition coefficient (Wildman–Crippen LogP) is 3.01. The summed E-state index contributed by atoms with van der Waals surface area (Å²) in [5.74, 6) is 0.966. The van der Waals surface area contributed by atoms with E-state index in [0.717, 1.165) is 49.4 Å². The zero-order valence-electron chi connectivity index (χ0n) is 17.8. The summed E-state index contributed by atoms with van der Waals surface area (Å²) < 4.78 is 5.16. The molecule has 2 aromatic carbocycles. The van der Waals surface area contributed by atoms with E-state index in [-0.39, 0.29) is 17.7 Å². The van der Waals surface area contributed by atoms with Crippen LogP contribution in [-0.2, 0) is 16.0 Å². The molecule has 0 bridgehead atoms. The maximum Gasteiger partial charge on any atom is 0.238 e. The fourth-order valence-electron chi connectivity index (χ4n) is 3.66. The molecule has 6 heteroatoms. The molecule has 0 unspecified atom stereocenters. The van der Waals surface area contributed by atoms with Gasteiger partial charge in [0.25, 0.3) is 0 Å². The third-order valence-corrected chi connectivity index (χ3v) is 5.53. The number of hydrogen-bond donors (Lipinski definition) is 2. The second kappa shape index (κ2) is 10.8. The summed E-state index contributed by atoms with van der Waals surface area (Å²) in [5, 5.41) is 5.99. The molecule has 1 aliphatic rings. The van der Waals surface area contributed by atoms with Crippen LogP contribution < -0.4 is 15.4 Å². The average Bonchev–Trinajstić information content (AvgIpc) is 2.76. The molecule has 1 aliphatic heterocycles. The number of aryl methyl sites for hydroxylation is 1. The number of rotatable bonds is 8. The highest BCUT2D eigenvalue weighted by molar-refractivity contribution is 5.92. The Morgan fingerprint density at radius 1 is 1.03 bits per heavy atom. The zero-order chi connectivity index (χ0) is 21.3. The number of ether oxygens (including phenoxy) is 1. The molecule has 0 aliphatic carbocycles. The number of hydrogen-bond acceptors (Lipinski definition) is 4. The van der Waals surface area contributed by atoms with Crippen molar-refractivity contribution in [2.75, 3.05) is 38.6 Å². The normalized spacial score (nSPS) is 14.9. The van der Waals surface area contributed by atoms with Gasteiger partial charge in [-0.05, 0) is 69.1 Å². The fraction of sp³-hybridized carbons (Fsp3) is 0.417. The lowest BCUT2D eigenvalue weighted by Gasteiger charge is -2.30. The van der Waals surface area contributed by atoms with Crippen molar-refractivity contribution >= 4 is 17.5 Å². The molecule has 0 saturated carbocycles. The Labute approximate surface area is 178 Å². The molecule has 0 spiro atoms. The summed E-state index contributed by atoms with van der Waals surface area (Å²) >= 11 is 0. The molecule has 1 saturated heterocycles. The van der Waals surface area contributed by atoms with Gasteiger partial charge in [0.1, 0.15) is 5.75 Å². The van der Waals surface area contributed by atoms with Gasteiger partial charge in [0.05, 0.1) is 13.7 Å². The molecule has 160 valence electrons. The first kappa shape index (κ1) is 21.8. The van der Waals surface area contributed by atoms with Gasteiger partial charge < -0.3 is 15.4 Å². The predicted molar refractivity (Wildman–Crippen MR) is 119 cm³/mol. The van der Waals surface area contributed by atoms with Crippen LogP contribution in [0.4, 0.5) is 5.69 Å². The van der Waals surface area contributed by atoms with E-state index < -0.39 is 0 Å². The monoisotopic (exact) mass is 409 g/mol. The number of piperidine rings is 1. The van der Waals surface area contributed by atoms with Crippen LogP contribution in [0.3, 0.4) is 0 Å². The lowest BCUT2D eigenvalue weighted by Crippen LogP contribution is -2.43. The zero-order valence-corrected chi connectivity index (χ0v) is 17.8. The van der Waals surface area contributed by atoms with Gasteiger partial charge in [-0.1, -0.05) is 29.8 Å². The first-order valence-electron chi connectivity index (χ1n) is 10.5. The third kappa shape index (κ3) is 6.59. The summed E-state index contributed by atoms with van der Waals surface area (Å²) in [6.07, 6.45) is 2.37. The van der Waals surface area contributed by atoms with E-state index in [9.17, 15) is 9.59 Å². The molecule has 1 fully saturated rings. The number of methoxy groups -OCH3 is 1. The number of anilines is 1. The van der Waals surface area contributed by atoms with E-state index in [4.69, 9.17) is 4.74 Å². The van der Waals surface area contributed by atoms with Crippen molar-refractivity contribution in [1.82, 2.24) is 10.2 Å². The molecule has 0 radical (unpaired) electrons. The third-order valence-electron chi connectivity index (χ3n) is 5.53. The lowest BCUT2D eigenvalue weighted by molar-refractivity contribution is -0.126. The Balaban J connectivity index is 1.34. The van der Waals surface area contributed by atoms with Crippen LogP contribution in [0.1, 0.15) is 24.0 Å². The Bertz CT molecular complexity index is 826. The molecule has 0 aromatic heterocycles. The van der Waals surface area contributed by atoms with Crippen molar-refractivity contribution in [2.45, 2.75) is 26.2 Å². The van der Waals surface area contributed by atoms with Crippen molar-refractivity contribution in [3.63, 3.8) is 0 Å². The smallest absolute Gasteiger partial charge is 0.238 e. The Morgan fingerprint density at radius 2 is 1.70 bits per heavy atom. The number of amides is 2. The van der Waals surface area contributed by atoms with Crippen LogP contribution >= 0.6 is 0 Å². The molecule has 6 nitrogen and oxygen atoms in total. The SMILES string of the molecule is COc1ccc(CCNC(=O)C2CCN(CC(=O)Nc3ccc(C)cc3)CC2)cc1. The van der Waals surface area contributed by atoms with Crippen LogP contribution in [-0.4, -0.2) is 50.0 Å². The van der Waals surface area contributed by atoms with Crippen LogP contribution in [0.15, 0.2) is 48.5 Å². The molecular formula is C24H31N3O3. The van der Waals surface area contributed by atoms with Crippen molar-refractivity contribution < 1.29 is 14.3 Å². The van der Waals surface area contributed by atoms with Crippen molar-refractivity contribution in [3.05, 3.63) is 59.7 Å². The fourth-order valence-corrected chi connectivity index (χ4v) is 3.66. The second-order valence-electron chi connectivity index (χ2n) is 7.85. The summed E-state index contributed by atoms with van der Waals surface area (Å²) in [7, 11) is 1.65. The highest BCUT2D eigenvalue weighted by Crippen LogP contribution is 2.18.